The number of aliphatic hydroxyl groups excluding tert-OH is 1. The van der Waals surface area contributed by atoms with Crippen LogP contribution in [0.4, 0.5) is 0 Å². The minimum Gasteiger partial charge on any atom is -0.387 e. The van der Waals surface area contributed by atoms with Crippen molar-refractivity contribution in [3.63, 3.8) is 0 Å². The van der Waals surface area contributed by atoms with E-state index in [0.29, 0.717) is 0 Å². The van der Waals surface area contributed by atoms with Gasteiger partial charge in [-0.15, -0.1) is 0 Å². The highest BCUT2D eigenvalue weighted by Gasteiger charge is 2.02. The summed E-state index contributed by atoms with van der Waals surface area (Å²) in [4.78, 5) is 7.04. The largest absolute Gasteiger partial charge is 0.387 e. The molecule has 1 aromatic heterocycles. The van der Waals surface area contributed by atoms with E-state index in [9.17, 15) is 0 Å². The molecular weight excluding hydrogens is 128 g/mol. The molecule has 1 unspecified atom stereocenters. The van der Waals surface area contributed by atoms with Crippen LogP contribution in [0.25, 0.3) is 0 Å². The number of aromatic nitrogens is 2. The summed E-state index contributed by atoms with van der Waals surface area (Å²) < 4.78 is 0. The standard InChI is InChI=1S/C7H12N2O/c1-3-7-8-4-6(9-7)5(2)10/h4-5,10H,3H2,1-2H3,(H,8,9). The van der Waals surface area contributed by atoms with Gasteiger partial charge in [0.05, 0.1) is 18.0 Å². The van der Waals surface area contributed by atoms with Crippen LogP contribution < -0.4 is 0 Å². The van der Waals surface area contributed by atoms with Gasteiger partial charge in [-0.2, -0.15) is 0 Å². The van der Waals surface area contributed by atoms with Crippen LogP contribution in [0.15, 0.2) is 6.20 Å². The van der Waals surface area contributed by atoms with Crippen LogP contribution in [0.3, 0.4) is 0 Å². The lowest BCUT2D eigenvalue weighted by Gasteiger charge is -1.96. The zero-order valence-corrected chi connectivity index (χ0v) is 6.26. The van der Waals surface area contributed by atoms with Crippen LogP contribution in [0, 0.1) is 0 Å². The van der Waals surface area contributed by atoms with Gasteiger partial charge in [0.15, 0.2) is 0 Å². The molecular formula is C7H12N2O. The normalized spacial score (nSPS) is 13.5. The molecule has 3 nitrogen and oxygen atoms in total. The number of H-pyrrole nitrogens is 1. The molecule has 0 amide bonds. The molecule has 0 spiro atoms. The maximum Gasteiger partial charge on any atom is 0.106 e. The first kappa shape index (κ1) is 7.28. The molecule has 0 saturated carbocycles. The molecule has 0 aliphatic heterocycles. The van der Waals surface area contributed by atoms with Gasteiger partial charge in [0.2, 0.25) is 0 Å². The summed E-state index contributed by atoms with van der Waals surface area (Å²) in [6, 6.07) is 0. The molecule has 0 saturated heterocycles. The van der Waals surface area contributed by atoms with E-state index >= 15 is 0 Å². The molecule has 1 aromatic rings. The number of hydrogen-bond acceptors (Lipinski definition) is 2. The van der Waals surface area contributed by atoms with Crippen molar-refractivity contribution >= 4 is 0 Å². The number of rotatable bonds is 2. The number of nitrogens with one attached hydrogen (secondary N) is 1. The number of aliphatic hydroxyl groups is 1. The zero-order chi connectivity index (χ0) is 7.56. The van der Waals surface area contributed by atoms with Gasteiger partial charge < -0.3 is 10.1 Å². The SMILES string of the molecule is CCc1ncc(C(C)O)[nH]1. The Kier molecular flexibility index (Phi) is 2.06. The molecule has 1 atom stereocenters. The number of aromatic amines is 1. The third-order valence-corrected chi connectivity index (χ3v) is 1.43. The Morgan fingerprint density at radius 2 is 2.50 bits per heavy atom. The Balaban J connectivity index is 2.78. The van der Waals surface area contributed by atoms with E-state index in [1.807, 2.05) is 6.92 Å². The van der Waals surface area contributed by atoms with Crippen LogP contribution in [-0.2, 0) is 6.42 Å². The quantitative estimate of drug-likeness (QED) is 0.644. The molecule has 1 rings (SSSR count). The Morgan fingerprint density at radius 1 is 1.80 bits per heavy atom. The van der Waals surface area contributed by atoms with Crippen LogP contribution in [0.1, 0.15) is 31.5 Å². The maximum atomic E-state index is 9.06. The predicted octanol–water partition coefficient (Wildman–Crippen LogP) is 1.03. The van der Waals surface area contributed by atoms with Crippen molar-refractivity contribution < 1.29 is 5.11 Å². The van der Waals surface area contributed by atoms with Gasteiger partial charge in [0, 0.05) is 6.42 Å². The summed E-state index contributed by atoms with van der Waals surface area (Å²) in [5, 5.41) is 9.06. The van der Waals surface area contributed by atoms with Crippen molar-refractivity contribution in [2.45, 2.75) is 26.4 Å². The van der Waals surface area contributed by atoms with E-state index in [4.69, 9.17) is 5.11 Å². The second kappa shape index (κ2) is 2.84. The van der Waals surface area contributed by atoms with Gasteiger partial charge in [-0.3, -0.25) is 0 Å². The van der Waals surface area contributed by atoms with Gasteiger partial charge in [-0.25, -0.2) is 4.98 Å². The number of aryl methyl sites for hydroxylation is 1. The zero-order valence-electron chi connectivity index (χ0n) is 6.26. The van der Waals surface area contributed by atoms with Gasteiger partial charge in [-0.1, -0.05) is 6.92 Å². The smallest absolute Gasteiger partial charge is 0.106 e. The molecule has 56 valence electrons. The van der Waals surface area contributed by atoms with Gasteiger partial charge in [0.25, 0.3) is 0 Å². The molecule has 1 heterocycles. The van der Waals surface area contributed by atoms with Crippen molar-refractivity contribution in [2.24, 2.45) is 0 Å². The molecule has 0 radical (unpaired) electrons. The average Bonchev–Trinajstić information content (AvgIpc) is 2.34. The van der Waals surface area contributed by atoms with E-state index in [0.717, 1.165) is 17.9 Å². The summed E-state index contributed by atoms with van der Waals surface area (Å²) in [5.74, 6) is 0.927. The maximum absolute atomic E-state index is 9.06. The lowest BCUT2D eigenvalue weighted by molar-refractivity contribution is 0.195. The van der Waals surface area contributed by atoms with Crippen LogP contribution in [-0.4, -0.2) is 15.1 Å². The van der Waals surface area contributed by atoms with Gasteiger partial charge >= 0.3 is 0 Å². The third kappa shape index (κ3) is 1.36. The summed E-state index contributed by atoms with van der Waals surface area (Å²) in [7, 11) is 0. The Morgan fingerprint density at radius 3 is 2.80 bits per heavy atom. The van der Waals surface area contributed by atoms with Crippen molar-refractivity contribution in [2.75, 3.05) is 0 Å². The van der Waals surface area contributed by atoms with Crippen LogP contribution in [0.5, 0.6) is 0 Å². The van der Waals surface area contributed by atoms with Crippen molar-refractivity contribution in [1.29, 1.82) is 0 Å². The van der Waals surface area contributed by atoms with E-state index in [-0.39, 0.29) is 0 Å². The molecule has 0 aliphatic rings. The van der Waals surface area contributed by atoms with E-state index in [1.165, 1.54) is 0 Å². The minimum absolute atomic E-state index is 0.437. The van der Waals surface area contributed by atoms with Crippen LogP contribution >= 0.6 is 0 Å². The minimum atomic E-state index is -0.437. The molecule has 10 heavy (non-hydrogen) atoms. The monoisotopic (exact) mass is 140 g/mol. The van der Waals surface area contributed by atoms with E-state index in [1.54, 1.807) is 13.1 Å². The topological polar surface area (TPSA) is 48.9 Å². The first-order chi connectivity index (χ1) is 4.74. The molecule has 0 aliphatic carbocycles. The summed E-state index contributed by atoms with van der Waals surface area (Å²) in [6.07, 6.45) is 2.11. The molecule has 0 bridgehead atoms. The molecule has 0 fully saturated rings. The first-order valence-corrected chi connectivity index (χ1v) is 3.46. The van der Waals surface area contributed by atoms with Crippen LogP contribution in [0.2, 0.25) is 0 Å². The second-order valence-electron chi connectivity index (χ2n) is 2.31. The summed E-state index contributed by atoms with van der Waals surface area (Å²) >= 11 is 0. The fourth-order valence-corrected chi connectivity index (χ4v) is 0.771. The summed E-state index contributed by atoms with van der Waals surface area (Å²) in [6.45, 7) is 3.73. The van der Waals surface area contributed by atoms with Gasteiger partial charge in [0.1, 0.15) is 5.82 Å². The Bertz CT molecular complexity index is 205. The highest BCUT2D eigenvalue weighted by molar-refractivity contribution is 5.03. The lowest BCUT2D eigenvalue weighted by atomic mass is 10.3. The molecule has 0 aromatic carbocycles. The third-order valence-electron chi connectivity index (χ3n) is 1.43. The van der Waals surface area contributed by atoms with E-state index in [2.05, 4.69) is 9.97 Å². The first-order valence-electron chi connectivity index (χ1n) is 3.46. The second-order valence-corrected chi connectivity index (χ2v) is 2.31. The van der Waals surface area contributed by atoms with E-state index < -0.39 is 6.10 Å². The number of nitrogens with zero attached hydrogens (tertiary/aromatic N) is 1. The molecule has 2 N–H and O–H groups in total. The lowest BCUT2D eigenvalue weighted by Crippen LogP contribution is -1.90. The van der Waals surface area contributed by atoms with Gasteiger partial charge in [-0.05, 0) is 6.92 Å². The van der Waals surface area contributed by atoms with Crippen molar-refractivity contribution in [3.05, 3.63) is 17.7 Å². The highest BCUT2D eigenvalue weighted by Crippen LogP contribution is 2.07. The Hall–Kier alpha value is -0.830. The Labute approximate surface area is 60.1 Å². The van der Waals surface area contributed by atoms with Crippen molar-refractivity contribution in [1.82, 2.24) is 9.97 Å². The number of hydrogen-bond donors (Lipinski definition) is 2. The fourth-order valence-electron chi connectivity index (χ4n) is 0.771. The predicted molar refractivity (Wildman–Crippen MR) is 38.6 cm³/mol. The average molecular weight is 140 g/mol. The fraction of sp³-hybridized carbons (Fsp3) is 0.571. The van der Waals surface area contributed by atoms with Crippen molar-refractivity contribution in [3.8, 4) is 0 Å². The number of imidazole rings is 1. The highest BCUT2D eigenvalue weighted by atomic mass is 16.3. The molecule has 3 heteroatoms. The summed E-state index contributed by atoms with van der Waals surface area (Å²) in [5.41, 5.74) is 0.789.